The van der Waals surface area contributed by atoms with Gasteiger partial charge in [0.25, 0.3) is 5.56 Å². The molecule has 0 unspecified atom stereocenters. The van der Waals surface area contributed by atoms with Crippen LogP contribution in [-0.2, 0) is 16.1 Å². The van der Waals surface area contributed by atoms with Crippen LogP contribution in [0.3, 0.4) is 0 Å². The van der Waals surface area contributed by atoms with E-state index in [1.54, 1.807) is 17.7 Å². The van der Waals surface area contributed by atoms with E-state index in [0.29, 0.717) is 33.5 Å². The van der Waals surface area contributed by atoms with Gasteiger partial charge in [-0.3, -0.25) is 14.2 Å². The van der Waals surface area contributed by atoms with Gasteiger partial charge in [0.1, 0.15) is 10.6 Å². The van der Waals surface area contributed by atoms with Gasteiger partial charge in [-0.1, -0.05) is 62.3 Å². The van der Waals surface area contributed by atoms with Gasteiger partial charge in [-0.25, -0.2) is 4.98 Å². The van der Waals surface area contributed by atoms with Crippen molar-refractivity contribution in [3.63, 3.8) is 0 Å². The first kappa shape index (κ1) is 22.0. The molecule has 0 fully saturated rings. The third-order valence-electron chi connectivity index (χ3n) is 4.51. The predicted molar refractivity (Wildman–Crippen MR) is 121 cm³/mol. The highest BCUT2D eigenvalue weighted by Crippen LogP contribution is 2.36. The molecule has 1 aromatic carbocycles. The van der Waals surface area contributed by atoms with Gasteiger partial charge >= 0.3 is 0 Å². The lowest BCUT2D eigenvalue weighted by Crippen LogP contribution is -2.26. The molecule has 2 aromatic heterocycles. The van der Waals surface area contributed by atoms with E-state index >= 15 is 0 Å². The zero-order valence-corrected chi connectivity index (χ0v) is 19.2. The third kappa shape index (κ3) is 4.74. The molecule has 0 saturated carbocycles. The quantitative estimate of drug-likeness (QED) is 0.368. The summed E-state index contributed by atoms with van der Waals surface area (Å²) in [4.78, 5) is 31.1. The normalized spacial score (nSPS) is 11.9. The number of ketones is 1. The lowest BCUT2D eigenvalue weighted by atomic mass is 9.92. The van der Waals surface area contributed by atoms with Gasteiger partial charge in [-0.15, -0.1) is 11.3 Å². The Bertz CT molecular complexity index is 1100. The van der Waals surface area contributed by atoms with E-state index < -0.39 is 5.41 Å². The summed E-state index contributed by atoms with van der Waals surface area (Å²) < 4.78 is 6.78. The zero-order valence-electron chi connectivity index (χ0n) is 16.8. The van der Waals surface area contributed by atoms with E-state index in [-0.39, 0.29) is 17.1 Å². The number of fused-ring (bicyclic) bond motifs is 1. The number of benzene rings is 1. The second-order valence-electron chi connectivity index (χ2n) is 7.62. The molecule has 3 rings (SSSR count). The van der Waals surface area contributed by atoms with Crippen molar-refractivity contribution < 1.29 is 9.53 Å². The van der Waals surface area contributed by atoms with Crippen molar-refractivity contribution in [1.29, 1.82) is 0 Å². The molecule has 0 amide bonds. The molecule has 8 heteroatoms. The van der Waals surface area contributed by atoms with Crippen molar-refractivity contribution in [2.24, 2.45) is 5.41 Å². The van der Waals surface area contributed by atoms with Gasteiger partial charge in [0.2, 0.25) is 0 Å². The average Bonchev–Trinajstić information content (AvgIpc) is 3.09. The number of rotatable bonds is 7. The van der Waals surface area contributed by atoms with E-state index in [2.05, 4.69) is 0 Å². The van der Waals surface area contributed by atoms with Crippen molar-refractivity contribution in [3.05, 3.63) is 45.0 Å². The van der Waals surface area contributed by atoms with Crippen LogP contribution < -0.4 is 5.56 Å². The molecule has 3 aromatic rings. The monoisotopic (exact) mass is 450 g/mol. The van der Waals surface area contributed by atoms with E-state index in [9.17, 15) is 9.59 Å². The third-order valence-corrected chi connectivity index (χ3v) is 6.69. The number of methoxy groups -OCH3 is 1. The largest absolute Gasteiger partial charge is 0.383 e. The molecule has 0 atom stereocenters. The van der Waals surface area contributed by atoms with Crippen LogP contribution in [0.15, 0.2) is 39.6 Å². The highest BCUT2D eigenvalue weighted by Gasteiger charge is 2.23. The molecule has 29 heavy (non-hydrogen) atoms. The second kappa shape index (κ2) is 9.00. The number of carbonyl (C=O) groups is 1. The number of halogens is 1. The van der Waals surface area contributed by atoms with Gasteiger partial charge < -0.3 is 4.74 Å². The smallest absolute Gasteiger partial charge is 0.263 e. The van der Waals surface area contributed by atoms with Crippen molar-refractivity contribution >= 4 is 50.7 Å². The Kier molecular flexibility index (Phi) is 6.83. The zero-order chi connectivity index (χ0) is 21.2. The minimum atomic E-state index is -0.436. The highest BCUT2D eigenvalue weighted by atomic mass is 35.5. The van der Waals surface area contributed by atoms with E-state index in [4.69, 9.17) is 21.3 Å². The summed E-state index contributed by atoms with van der Waals surface area (Å²) in [5, 5.41) is 3.58. The standard InChI is InChI=1S/C21H23ClN2O3S2/c1-21(2,3)16(25)12-29-20-23-18-17(19(26)24(20)9-10-27-4)14(11-28-18)13-7-5-6-8-15(13)22/h5-8,11H,9-10,12H2,1-4H3. The fourth-order valence-corrected chi connectivity index (χ4v) is 5.12. The number of carbonyl (C=O) groups excluding carboxylic acids is 1. The Hall–Kier alpha value is -1.67. The Morgan fingerprint density at radius 2 is 2.00 bits per heavy atom. The Morgan fingerprint density at radius 3 is 2.66 bits per heavy atom. The molecule has 0 saturated heterocycles. The van der Waals surface area contributed by atoms with Gasteiger partial charge in [-0.05, 0) is 6.07 Å². The fourth-order valence-electron chi connectivity index (χ4n) is 2.72. The molecule has 0 aliphatic heterocycles. The predicted octanol–water partition coefficient (Wildman–Crippen LogP) is 5.13. The lowest BCUT2D eigenvalue weighted by molar-refractivity contribution is -0.123. The molecule has 0 aliphatic carbocycles. The maximum absolute atomic E-state index is 13.4. The number of aromatic nitrogens is 2. The Labute approximate surface area is 183 Å². The summed E-state index contributed by atoms with van der Waals surface area (Å²) in [7, 11) is 1.59. The minimum absolute atomic E-state index is 0.109. The lowest BCUT2D eigenvalue weighted by Gasteiger charge is -2.17. The van der Waals surface area contributed by atoms with Crippen LogP contribution in [0.4, 0.5) is 0 Å². The summed E-state index contributed by atoms with van der Waals surface area (Å²) in [6.45, 7) is 6.40. The van der Waals surface area contributed by atoms with Crippen molar-refractivity contribution in [2.75, 3.05) is 19.5 Å². The van der Waals surface area contributed by atoms with Gasteiger partial charge in [0.05, 0.1) is 24.3 Å². The molecule has 0 spiro atoms. The van der Waals surface area contributed by atoms with Crippen molar-refractivity contribution in [3.8, 4) is 11.1 Å². The number of Topliss-reactive ketones (excluding diaryl/α,β-unsaturated/α-hetero) is 1. The molecule has 2 heterocycles. The van der Waals surface area contributed by atoms with Crippen LogP contribution in [-0.4, -0.2) is 34.8 Å². The van der Waals surface area contributed by atoms with E-state index in [1.807, 2.05) is 44.4 Å². The molecule has 0 radical (unpaired) electrons. The summed E-state index contributed by atoms with van der Waals surface area (Å²) in [6, 6.07) is 7.45. The van der Waals surface area contributed by atoms with Crippen LogP contribution >= 0.6 is 34.7 Å². The van der Waals surface area contributed by atoms with Gasteiger partial charge in [0.15, 0.2) is 5.16 Å². The molecule has 0 aliphatic rings. The van der Waals surface area contributed by atoms with Gasteiger partial charge in [0, 0.05) is 34.1 Å². The topological polar surface area (TPSA) is 61.2 Å². The molecule has 5 nitrogen and oxygen atoms in total. The summed E-state index contributed by atoms with van der Waals surface area (Å²) in [5.41, 5.74) is 1.01. The summed E-state index contributed by atoms with van der Waals surface area (Å²) >= 11 is 9.07. The molecule has 154 valence electrons. The van der Waals surface area contributed by atoms with E-state index in [1.165, 1.54) is 23.1 Å². The van der Waals surface area contributed by atoms with Crippen molar-refractivity contribution in [2.45, 2.75) is 32.5 Å². The minimum Gasteiger partial charge on any atom is -0.383 e. The highest BCUT2D eigenvalue weighted by molar-refractivity contribution is 7.99. The molecule has 0 bridgehead atoms. The number of nitrogens with zero attached hydrogens (tertiary/aromatic N) is 2. The number of thioether (sulfide) groups is 1. The molecule has 0 N–H and O–H groups in total. The Balaban J connectivity index is 2.10. The summed E-state index contributed by atoms with van der Waals surface area (Å²) in [5.74, 6) is 0.370. The van der Waals surface area contributed by atoms with Crippen LogP contribution in [0.1, 0.15) is 20.8 Å². The number of thiophene rings is 1. The SMILES string of the molecule is COCCn1c(SCC(=O)C(C)(C)C)nc2scc(-c3ccccc3Cl)c2c1=O. The van der Waals surface area contributed by atoms with Crippen LogP contribution in [0.2, 0.25) is 5.02 Å². The van der Waals surface area contributed by atoms with Crippen LogP contribution in [0, 0.1) is 5.41 Å². The second-order valence-corrected chi connectivity index (χ2v) is 9.82. The first-order valence-corrected chi connectivity index (χ1v) is 11.4. The number of ether oxygens (including phenoxy) is 1. The van der Waals surface area contributed by atoms with Crippen molar-refractivity contribution in [1.82, 2.24) is 9.55 Å². The number of hydrogen-bond acceptors (Lipinski definition) is 6. The fraction of sp³-hybridized carbons (Fsp3) is 0.381. The first-order valence-electron chi connectivity index (χ1n) is 9.16. The maximum atomic E-state index is 13.4. The van der Waals surface area contributed by atoms with Crippen LogP contribution in [0.25, 0.3) is 21.3 Å². The van der Waals surface area contributed by atoms with E-state index in [0.717, 1.165) is 11.1 Å². The number of hydrogen-bond donors (Lipinski definition) is 0. The van der Waals surface area contributed by atoms with Gasteiger partial charge in [-0.2, -0.15) is 0 Å². The average molecular weight is 451 g/mol. The van der Waals surface area contributed by atoms with Crippen LogP contribution in [0.5, 0.6) is 0 Å². The maximum Gasteiger partial charge on any atom is 0.263 e. The molecular weight excluding hydrogens is 428 g/mol. The molecular formula is C21H23ClN2O3S2. The first-order chi connectivity index (χ1) is 13.7. The Morgan fingerprint density at radius 1 is 1.28 bits per heavy atom. The summed E-state index contributed by atoms with van der Waals surface area (Å²) in [6.07, 6.45) is 0.